The molecule has 1 aromatic heterocycles. The van der Waals surface area contributed by atoms with Crippen LogP contribution in [0.4, 0.5) is 0 Å². The largest absolute Gasteiger partial charge is 0.481 e. The van der Waals surface area contributed by atoms with Crippen LogP contribution in [0.15, 0.2) is 12.1 Å². The molecule has 1 atom stereocenters. The van der Waals surface area contributed by atoms with Crippen LogP contribution >= 0.6 is 11.6 Å². The molecule has 0 saturated heterocycles. The number of carboxylic acids is 1. The molecule has 0 saturated carbocycles. The molecule has 0 fully saturated rings. The summed E-state index contributed by atoms with van der Waals surface area (Å²) in [6, 6.07) is 3.15. The molecular weight excluding hydrogens is 292 g/mol. The molecule has 0 aliphatic heterocycles. The highest BCUT2D eigenvalue weighted by Crippen LogP contribution is 2.15. The molecule has 0 aromatic carbocycles. The van der Waals surface area contributed by atoms with Crippen molar-refractivity contribution >= 4 is 23.5 Å². The highest BCUT2D eigenvalue weighted by molar-refractivity contribution is 6.29. The maximum Gasteiger partial charge on any atom is 0.303 e. The predicted octanol–water partition coefficient (Wildman–Crippen LogP) is 2.91. The molecule has 1 aromatic rings. The average Bonchev–Trinajstić information content (AvgIpc) is 2.32. The van der Waals surface area contributed by atoms with Crippen LogP contribution in [0.3, 0.4) is 0 Å². The lowest BCUT2D eigenvalue weighted by Gasteiger charge is -2.17. The van der Waals surface area contributed by atoms with E-state index >= 15 is 0 Å². The van der Waals surface area contributed by atoms with Crippen LogP contribution in [-0.4, -0.2) is 28.5 Å². The molecule has 1 heterocycles. The number of carboxylic acid groups (broad SMARTS) is 1. The summed E-state index contributed by atoms with van der Waals surface area (Å²) in [6.45, 7) is 6.16. The van der Waals surface area contributed by atoms with Crippen molar-refractivity contribution in [2.45, 2.75) is 33.6 Å². The molecule has 0 radical (unpaired) electrons. The number of amides is 1. The van der Waals surface area contributed by atoms with Gasteiger partial charge in [0.2, 0.25) is 0 Å². The predicted molar refractivity (Wildman–Crippen MR) is 81.5 cm³/mol. The fraction of sp³-hybridized carbons (Fsp3) is 0.533. The van der Waals surface area contributed by atoms with E-state index in [1.165, 1.54) is 6.07 Å². The zero-order valence-electron chi connectivity index (χ0n) is 12.5. The molecule has 5 nitrogen and oxygen atoms in total. The van der Waals surface area contributed by atoms with Gasteiger partial charge >= 0.3 is 5.97 Å². The molecule has 6 heteroatoms. The van der Waals surface area contributed by atoms with E-state index in [0.717, 1.165) is 6.42 Å². The van der Waals surface area contributed by atoms with Gasteiger partial charge < -0.3 is 10.4 Å². The lowest BCUT2D eigenvalue weighted by atomic mass is 9.94. The molecule has 1 amide bonds. The van der Waals surface area contributed by atoms with Gasteiger partial charge in [-0.25, -0.2) is 4.98 Å². The van der Waals surface area contributed by atoms with Crippen molar-refractivity contribution in [1.29, 1.82) is 0 Å². The minimum atomic E-state index is -0.849. The van der Waals surface area contributed by atoms with Gasteiger partial charge in [0, 0.05) is 24.2 Å². The van der Waals surface area contributed by atoms with E-state index in [1.54, 1.807) is 13.0 Å². The van der Waals surface area contributed by atoms with Gasteiger partial charge in [0.05, 0.1) is 0 Å². The normalized spacial score (nSPS) is 12.2. The molecule has 0 aliphatic carbocycles. The summed E-state index contributed by atoms with van der Waals surface area (Å²) < 4.78 is 0. The number of hydrogen-bond donors (Lipinski definition) is 2. The first-order valence-electron chi connectivity index (χ1n) is 6.92. The van der Waals surface area contributed by atoms with Gasteiger partial charge in [0.1, 0.15) is 5.15 Å². The van der Waals surface area contributed by atoms with Crippen molar-refractivity contribution in [1.82, 2.24) is 10.3 Å². The van der Waals surface area contributed by atoms with Crippen LogP contribution in [0.5, 0.6) is 0 Å². The number of carbonyl (C=O) groups excluding carboxylic acids is 1. The zero-order valence-corrected chi connectivity index (χ0v) is 13.3. The van der Waals surface area contributed by atoms with E-state index < -0.39 is 5.97 Å². The molecule has 0 bridgehead atoms. The topological polar surface area (TPSA) is 79.3 Å². The minimum Gasteiger partial charge on any atom is -0.481 e. The molecule has 0 spiro atoms. The number of hydrogen-bond acceptors (Lipinski definition) is 3. The molecule has 21 heavy (non-hydrogen) atoms. The molecule has 116 valence electrons. The SMILES string of the molecule is Cc1cc(C(=O)NC[C@H](CC(=O)O)CC(C)C)cc(Cl)n1. The molecule has 2 N–H and O–H groups in total. The summed E-state index contributed by atoms with van der Waals surface area (Å²) in [5.74, 6) is -0.812. The molecule has 1 rings (SSSR count). The first-order chi connectivity index (χ1) is 9.77. The van der Waals surface area contributed by atoms with Crippen LogP contribution in [0.2, 0.25) is 5.15 Å². The first kappa shape index (κ1) is 17.4. The smallest absolute Gasteiger partial charge is 0.303 e. The Morgan fingerprint density at radius 1 is 1.38 bits per heavy atom. The Labute approximate surface area is 129 Å². The average molecular weight is 313 g/mol. The van der Waals surface area contributed by atoms with Gasteiger partial charge in [0.15, 0.2) is 0 Å². The summed E-state index contributed by atoms with van der Waals surface area (Å²) in [4.78, 5) is 26.9. The van der Waals surface area contributed by atoms with E-state index in [9.17, 15) is 9.59 Å². The van der Waals surface area contributed by atoms with Gasteiger partial charge in [-0.1, -0.05) is 25.4 Å². The van der Waals surface area contributed by atoms with Crippen molar-refractivity contribution in [2.75, 3.05) is 6.54 Å². The van der Waals surface area contributed by atoms with Crippen molar-refractivity contribution in [3.63, 3.8) is 0 Å². The number of nitrogens with zero attached hydrogens (tertiary/aromatic N) is 1. The van der Waals surface area contributed by atoms with E-state index in [2.05, 4.69) is 10.3 Å². The Hall–Kier alpha value is -1.62. The molecule has 0 unspecified atom stereocenters. The van der Waals surface area contributed by atoms with Crippen LogP contribution < -0.4 is 5.32 Å². The van der Waals surface area contributed by atoms with E-state index in [1.807, 2.05) is 13.8 Å². The second-order valence-corrected chi connectivity index (χ2v) is 6.01. The second-order valence-electron chi connectivity index (χ2n) is 5.62. The van der Waals surface area contributed by atoms with Crippen LogP contribution in [0.1, 0.15) is 42.7 Å². The monoisotopic (exact) mass is 312 g/mol. The third-order valence-electron chi connectivity index (χ3n) is 3.00. The summed E-state index contributed by atoms with van der Waals surface area (Å²) in [5.41, 5.74) is 1.10. The number of nitrogens with one attached hydrogen (secondary N) is 1. The number of pyridine rings is 1. The van der Waals surface area contributed by atoms with E-state index in [4.69, 9.17) is 16.7 Å². The number of aliphatic carboxylic acids is 1. The number of aromatic nitrogens is 1. The standard InChI is InChI=1S/C15H21ClN2O3/c1-9(2)4-11(6-14(19)20)8-17-15(21)12-5-10(3)18-13(16)7-12/h5,7,9,11H,4,6,8H2,1-3H3,(H,17,21)(H,19,20)/t11-/m0/s1. The molecule has 0 aliphatic rings. The van der Waals surface area contributed by atoms with E-state index in [0.29, 0.717) is 23.7 Å². The minimum absolute atomic E-state index is 0.0502. The van der Waals surface area contributed by atoms with Crippen molar-refractivity contribution in [3.8, 4) is 0 Å². The van der Waals surface area contributed by atoms with Gasteiger partial charge in [-0.2, -0.15) is 0 Å². The summed E-state index contributed by atoms with van der Waals surface area (Å²) in [7, 11) is 0. The zero-order chi connectivity index (χ0) is 16.0. The number of aryl methyl sites for hydroxylation is 1. The lowest BCUT2D eigenvalue weighted by molar-refractivity contribution is -0.138. The van der Waals surface area contributed by atoms with Gasteiger partial charge in [-0.15, -0.1) is 0 Å². The maximum atomic E-state index is 12.1. The summed E-state index contributed by atoms with van der Waals surface area (Å²) >= 11 is 5.83. The van der Waals surface area contributed by atoms with E-state index in [-0.39, 0.29) is 23.4 Å². The fourth-order valence-corrected chi connectivity index (χ4v) is 2.50. The van der Waals surface area contributed by atoms with Crippen molar-refractivity contribution < 1.29 is 14.7 Å². The van der Waals surface area contributed by atoms with Gasteiger partial charge in [-0.05, 0) is 37.3 Å². The fourth-order valence-electron chi connectivity index (χ4n) is 2.25. The van der Waals surface area contributed by atoms with Crippen LogP contribution in [0, 0.1) is 18.8 Å². The Morgan fingerprint density at radius 3 is 2.57 bits per heavy atom. The lowest BCUT2D eigenvalue weighted by Crippen LogP contribution is -2.31. The van der Waals surface area contributed by atoms with Crippen molar-refractivity contribution in [2.24, 2.45) is 11.8 Å². The Kier molecular flexibility index (Phi) is 6.62. The Morgan fingerprint density at radius 2 is 2.05 bits per heavy atom. The number of carbonyl (C=O) groups is 2. The third kappa shape index (κ3) is 6.58. The molecular formula is C15H21ClN2O3. The number of rotatable bonds is 7. The first-order valence-corrected chi connectivity index (χ1v) is 7.30. The van der Waals surface area contributed by atoms with Gasteiger partial charge in [-0.3, -0.25) is 9.59 Å². The summed E-state index contributed by atoms with van der Waals surface area (Å²) in [5, 5.41) is 12.0. The van der Waals surface area contributed by atoms with Crippen LogP contribution in [-0.2, 0) is 4.79 Å². The third-order valence-corrected chi connectivity index (χ3v) is 3.20. The second kappa shape index (κ2) is 7.98. The Bertz CT molecular complexity index is 497. The quantitative estimate of drug-likeness (QED) is 0.759. The Balaban J connectivity index is 2.65. The summed E-state index contributed by atoms with van der Waals surface area (Å²) in [6.07, 6.45) is 0.803. The van der Waals surface area contributed by atoms with Crippen molar-refractivity contribution in [3.05, 3.63) is 28.5 Å². The van der Waals surface area contributed by atoms with Crippen LogP contribution in [0.25, 0.3) is 0 Å². The highest BCUT2D eigenvalue weighted by Gasteiger charge is 2.17. The maximum absolute atomic E-state index is 12.1. The number of halogens is 1. The highest BCUT2D eigenvalue weighted by atomic mass is 35.5. The van der Waals surface area contributed by atoms with Gasteiger partial charge in [0.25, 0.3) is 5.91 Å².